The highest BCUT2D eigenvalue weighted by Gasteiger charge is 2.10. The van der Waals surface area contributed by atoms with Crippen LogP contribution >= 0.6 is 27.7 Å². The number of amides is 2. The van der Waals surface area contributed by atoms with Gasteiger partial charge in [-0.2, -0.15) is 11.8 Å². The number of nitrogens with zero attached hydrogens (tertiary/aromatic N) is 1. The largest absolute Gasteiger partial charge is 0.334 e. The quantitative estimate of drug-likeness (QED) is 0.859. The Bertz CT molecular complexity index is 478. The minimum Gasteiger partial charge on any atom is -0.334 e. The van der Waals surface area contributed by atoms with Crippen LogP contribution in [0.4, 0.5) is 10.5 Å². The third-order valence-electron chi connectivity index (χ3n) is 2.59. The molecule has 0 spiro atoms. The van der Waals surface area contributed by atoms with E-state index < -0.39 is 0 Å². The Morgan fingerprint density at radius 3 is 2.79 bits per heavy atom. The SMILES string of the molecule is CCC(CSC)NC(=O)Nc1cc(Br)c(=O)n(C)c1. The van der Waals surface area contributed by atoms with E-state index in [2.05, 4.69) is 26.6 Å². The van der Waals surface area contributed by atoms with Gasteiger partial charge >= 0.3 is 6.03 Å². The Hall–Kier alpha value is -0.950. The number of hydrogen-bond donors (Lipinski definition) is 2. The van der Waals surface area contributed by atoms with Gasteiger partial charge in [0, 0.05) is 25.0 Å². The lowest BCUT2D eigenvalue weighted by atomic mass is 10.3. The maximum absolute atomic E-state index is 11.8. The Morgan fingerprint density at radius 2 is 2.26 bits per heavy atom. The Morgan fingerprint density at radius 1 is 1.58 bits per heavy atom. The van der Waals surface area contributed by atoms with Crippen molar-refractivity contribution in [2.24, 2.45) is 7.05 Å². The number of anilines is 1. The van der Waals surface area contributed by atoms with Crippen molar-refractivity contribution < 1.29 is 4.79 Å². The number of carbonyl (C=O) groups excluding carboxylic acids is 1. The highest BCUT2D eigenvalue weighted by Crippen LogP contribution is 2.11. The van der Waals surface area contributed by atoms with Crippen LogP contribution in [0.1, 0.15) is 13.3 Å². The molecule has 1 unspecified atom stereocenters. The second kappa shape index (κ2) is 7.59. The van der Waals surface area contributed by atoms with Crippen LogP contribution in [-0.4, -0.2) is 28.6 Å². The van der Waals surface area contributed by atoms with Crippen LogP contribution in [0.2, 0.25) is 0 Å². The van der Waals surface area contributed by atoms with Gasteiger partial charge in [0.2, 0.25) is 0 Å². The molecule has 19 heavy (non-hydrogen) atoms. The van der Waals surface area contributed by atoms with Gasteiger partial charge in [0.15, 0.2) is 0 Å². The fourth-order valence-electron chi connectivity index (χ4n) is 1.55. The number of thioether (sulfide) groups is 1. The normalized spacial score (nSPS) is 12.0. The van der Waals surface area contributed by atoms with Crippen LogP contribution < -0.4 is 16.2 Å². The lowest BCUT2D eigenvalue weighted by molar-refractivity contribution is 0.249. The van der Waals surface area contributed by atoms with E-state index in [1.165, 1.54) is 4.57 Å². The van der Waals surface area contributed by atoms with E-state index in [0.29, 0.717) is 10.2 Å². The molecule has 1 aromatic heterocycles. The number of halogens is 1. The van der Waals surface area contributed by atoms with Crippen molar-refractivity contribution in [3.8, 4) is 0 Å². The molecular weight excluding hydrogens is 330 g/mol. The van der Waals surface area contributed by atoms with E-state index in [4.69, 9.17) is 0 Å². The van der Waals surface area contributed by atoms with Crippen molar-refractivity contribution in [3.63, 3.8) is 0 Å². The van der Waals surface area contributed by atoms with Gasteiger partial charge in [0.25, 0.3) is 5.56 Å². The topological polar surface area (TPSA) is 63.1 Å². The smallest absolute Gasteiger partial charge is 0.319 e. The molecule has 0 aliphatic rings. The standard InChI is InChI=1S/C12H18BrN3O2S/c1-4-8(7-19-3)14-12(18)15-9-5-10(13)11(17)16(2)6-9/h5-6,8H,4,7H2,1-3H3,(H2,14,15,18). The second-order valence-corrected chi connectivity index (χ2v) is 5.92. The van der Waals surface area contributed by atoms with Crippen LogP contribution in [0.5, 0.6) is 0 Å². The zero-order valence-corrected chi connectivity index (χ0v) is 13.6. The summed E-state index contributed by atoms with van der Waals surface area (Å²) in [6, 6.07) is 1.48. The van der Waals surface area contributed by atoms with E-state index >= 15 is 0 Å². The molecule has 1 aromatic rings. The van der Waals surface area contributed by atoms with Crippen molar-refractivity contribution >= 4 is 39.4 Å². The molecule has 7 heteroatoms. The number of urea groups is 1. The highest BCUT2D eigenvalue weighted by molar-refractivity contribution is 9.10. The molecule has 2 N–H and O–H groups in total. The Labute approximate surface area is 125 Å². The van der Waals surface area contributed by atoms with E-state index in [9.17, 15) is 9.59 Å². The van der Waals surface area contributed by atoms with Crippen molar-refractivity contribution in [1.82, 2.24) is 9.88 Å². The van der Waals surface area contributed by atoms with E-state index in [0.717, 1.165) is 12.2 Å². The molecule has 5 nitrogen and oxygen atoms in total. The minimum atomic E-state index is -0.258. The highest BCUT2D eigenvalue weighted by atomic mass is 79.9. The van der Waals surface area contributed by atoms with Crippen molar-refractivity contribution in [2.75, 3.05) is 17.3 Å². The average molecular weight is 348 g/mol. The molecule has 0 aliphatic heterocycles. The minimum absolute atomic E-state index is 0.139. The molecule has 0 saturated carbocycles. The number of pyridine rings is 1. The van der Waals surface area contributed by atoms with Gasteiger partial charge < -0.3 is 15.2 Å². The van der Waals surface area contributed by atoms with Gasteiger partial charge in [-0.3, -0.25) is 4.79 Å². The van der Waals surface area contributed by atoms with Crippen LogP contribution in [0, 0.1) is 0 Å². The summed E-state index contributed by atoms with van der Waals surface area (Å²) in [6.07, 6.45) is 4.47. The first-order valence-electron chi connectivity index (χ1n) is 5.90. The molecule has 0 bridgehead atoms. The maximum Gasteiger partial charge on any atom is 0.319 e. The van der Waals surface area contributed by atoms with Crippen LogP contribution in [-0.2, 0) is 7.05 Å². The summed E-state index contributed by atoms with van der Waals surface area (Å²) >= 11 is 4.86. The predicted octanol–water partition coefficient (Wildman–Crippen LogP) is 2.41. The van der Waals surface area contributed by atoms with E-state index in [1.807, 2.05) is 13.2 Å². The van der Waals surface area contributed by atoms with Crippen LogP contribution in [0.3, 0.4) is 0 Å². The summed E-state index contributed by atoms with van der Waals surface area (Å²) in [7, 11) is 1.64. The molecule has 0 saturated heterocycles. The summed E-state index contributed by atoms with van der Waals surface area (Å²) in [5.74, 6) is 0.876. The summed E-state index contributed by atoms with van der Waals surface area (Å²) in [4.78, 5) is 23.3. The molecule has 0 aromatic carbocycles. The number of rotatable bonds is 5. The molecule has 0 aliphatic carbocycles. The third kappa shape index (κ3) is 4.91. The van der Waals surface area contributed by atoms with Crippen LogP contribution in [0.25, 0.3) is 0 Å². The van der Waals surface area contributed by atoms with Crippen molar-refractivity contribution in [3.05, 3.63) is 27.1 Å². The van der Waals surface area contributed by atoms with Crippen molar-refractivity contribution in [1.29, 1.82) is 0 Å². The fraction of sp³-hybridized carbons (Fsp3) is 0.500. The molecular formula is C12H18BrN3O2S. The third-order valence-corrected chi connectivity index (χ3v) is 3.90. The lowest BCUT2D eigenvalue weighted by Gasteiger charge is -2.16. The predicted molar refractivity (Wildman–Crippen MR) is 84.0 cm³/mol. The number of aromatic nitrogens is 1. The van der Waals surface area contributed by atoms with E-state index in [-0.39, 0.29) is 17.6 Å². The van der Waals surface area contributed by atoms with Gasteiger partial charge in [0.05, 0.1) is 10.2 Å². The summed E-state index contributed by atoms with van der Waals surface area (Å²) in [5.41, 5.74) is 0.435. The number of carbonyl (C=O) groups is 1. The molecule has 1 rings (SSSR count). The van der Waals surface area contributed by atoms with Gasteiger partial charge in [-0.15, -0.1) is 0 Å². The fourth-order valence-corrected chi connectivity index (χ4v) is 2.80. The molecule has 1 heterocycles. The van der Waals surface area contributed by atoms with Crippen molar-refractivity contribution in [2.45, 2.75) is 19.4 Å². The average Bonchev–Trinajstić information content (AvgIpc) is 2.35. The summed E-state index contributed by atoms with van der Waals surface area (Å²) in [5, 5.41) is 5.62. The lowest BCUT2D eigenvalue weighted by Crippen LogP contribution is -2.39. The Balaban J connectivity index is 2.69. The zero-order chi connectivity index (χ0) is 14.4. The molecule has 0 radical (unpaired) electrons. The Kier molecular flexibility index (Phi) is 6.44. The zero-order valence-electron chi connectivity index (χ0n) is 11.2. The molecule has 2 amide bonds. The molecule has 106 valence electrons. The van der Waals surface area contributed by atoms with Gasteiger partial charge in [-0.05, 0) is 34.7 Å². The number of nitrogens with one attached hydrogen (secondary N) is 2. The first kappa shape index (κ1) is 16.1. The van der Waals surface area contributed by atoms with Gasteiger partial charge in [-0.25, -0.2) is 4.79 Å². The van der Waals surface area contributed by atoms with Gasteiger partial charge in [0.1, 0.15) is 0 Å². The van der Waals surface area contributed by atoms with E-state index in [1.54, 1.807) is 31.1 Å². The monoisotopic (exact) mass is 347 g/mol. The first-order valence-corrected chi connectivity index (χ1v) is 8.09. The maximum atomic E-state index is 11.8. The molecule has 1 atom stereocenters. The second-order valence-electron chi connectivity index (χ2n) is 4.15. The molecule has 0 fully saturated rings. The first-order chi connectivity index (χ1) is 8.97. The summed E-state index contributed by atoms with van der Waals surface area (Å²) < 4.78 is 1.84. The number of hydrogen-bond acceptors (Lipinski definition) is 3. The summed E-state index contributed by atoms with van der Waals surface area (Å²) in [6.45, 7) is 2.03. The van der Waals surface area contributed by atoms with Gasteiger partial charge in [-0.1, -0.05) is 6.92 Å². The van der Waals surface area contributed by atoms with Crippen LogP contribution in [0.15, 0.2) is 21.5 Å². The number of aryl methyl sites for hydroxylation is 1.